The minimum absolute atomic E-state index is 0.207. The summed E-state index contributed by atoms with van der Waals surface area (Å²) in [5.41, 5.74) is 3.82. The second-order valence-corrected chi connectivity index (χ2v) is 5.55. The normalized spacial score (nSPS) is 12.0. The Kier molecular flexibility index (Phi) is 4.07. The number of aryl methyl sites for hydroxylation is 1. The molecule has 0 bridgehead atoms. The van der Waals surface area contributed by atoms with Gasteiger partial charge in [-0.05, 0) is 30.5 Å². The molecule has 0 aliphatic carbocycles. The van der Waals surface area contributed by atoms with Crippen LogP contribution in [0.25, 0.3) is 24.0 Å². The zero-order valence-corrected chi connectivity index (χ0v) is 13.5. The van der Waals surface area contributed by atoms with Crippen molar-refractivity contribution in [2.45, 2.75) is 19.8 Å². The van der Waals surface area contributed by atoms with Gasteiger partial charge in [0.05, 0.1) is 12.3 Å². The van der Waals surface area contributed by atoms with E-state index < -0.39 is 0 Å². The zero-order chi connectivity index (χ0) is 17.3. The van der Waals surface area contributed by atoms with E-state index in [1.165, 1.54) is 7.11 Å². The quantitative estimate of drug-likeness (QED) is 0.595. The van der Waals surface area contributed by atoms with Gasteiger partial charge in [-0.3, -0.25) is 9.59 Å². The Hall–Kier alpha value is -3.09. The largest absolute Gasteiger partial charge is 0.469 e. The number of ether oxygens (including phenoxy) is 1. The number of H-pyrrole nitrogens is 3. The van der Waals surface area contributed by atoms with Crippen molar-refractivity contribution in [3.05, 3.63) is 50.3 Å². The van der Waals surface area contributed by atoms with Crippen molar-refractivity contribution >= 4 is 18.6 Å². The second-order valence-electron chi connectivity index (χ2n) is 5.55. The molecule has 0 amide bonds. The van der Waals surface area contributed by atoms with Gasteiger partial charge in [0.15, 0.2) is 0 Å². The molecule has 3 rings (SSSR count). The lowest BCUT2D eigenvalue weighted by atomic mass is 10.1. The fourth-order valence-electron chi connectivity index (χ4n) is 2.64. The van der Waals surface area contributed by atoms with Crippen molar-refractivity contribution in [3.8, 4) is 11.4 Å². The lowest BCUT2D eigenvalue weighted by Gasteiger charge is -2.00. The summed E-state index contributed by atoms with van der Waals surface area (Å²) >= 11 is 0. The van der Waals surface area contributed by atoms with Gasteiger partial charge in [-0.1, -0.05) is 6.58 Å². The molecule has 0 atom stereocenters. The lowest BCUT2D eigenvalue weighted by Crippen LogP contribution is -2.21. The first kappa shape index (κ1) is 15.8. The van der Waals surface area contributed by atoms with E-state index in [4.69, 9.17) is 0 Å². The van der Waals surface area contributed by atoms with Gasteiger partial charge in [0, 0.05) is 30.1 Å². The number of rotatable bonds is 4. The van der Waals surface area contributed by atoms with Crippen LogP contribution in [-0.2, 0) is 16.0 Å². The Morgan fingerprint density at radius 3 is 2.92 bits per heavy atom. The number of esters is 1. The van der Waals surface area contributed by atoms with Crippen LogP contribution in [0.1, 0.15) is 23.2 Å². The number of fused-ring (bicyclic) bond motifs is 1. The summed E-state index contributed by atoms with van der Waals surface area (Å²) in [6.07, 6.45) is 6.25. The summed E-state index contributed by atoms with van der Waals surface area (Å²) in [5.74, 6) is 0.260. The number of nitrogens with zero attached hydrogens (tertiary/aromatic N) is 1. The maximum Gasteiger partial charge on any atom is 0.305 e. The maximum atomic E-state index is 12.2. The van der Waals surface area contributed by atoms with Crippen molar-refractivity contribution < 1.29 is 9.53 Å². The molecule has 1 aromatic rings. The van der Waals surface area contributed by atoms with Crippen LogP contribution in [0.5, 0.6) is 0 Å². The van der Waals surface area contributed by atoms with Crippen molar-refractivity contribution in [2.24, 2.45) is 0 Å². The molecule has 3 N–H and O–H groups in total. The molecule has 0 saturated carbocycles. The molecule has 2 aliphatic rings. The number of aromatic amines is 3. The Balaban J connectivity index is 2.00. The molecular weight excluding hydrogens is 308 g/mol. The van der Waals surface area contributed by atoms with Gasteiger partial charge in [-0.25, -0.2) is 4.98 Å². The van der Waals surface area contributed by atoms with Gasteiger partial charge in [0.2, 0.25) is 0 Å². The first-order valence-electron chi connectivity index (χ1n) is 7.51. The second kappa shape index (κ2) is 6.19. The first-order valence-corrected chi connectivity index (χ1v) is 7.51. The van der Waals surface area contributed by atoms with E-state index >= 15 is 0 Å². The highest BCUT2D eigenvalue weighted by Gasteiger charge is 2.13. The van der Waals surface area contributed by atoms with Crippen LogP contribution >= 0.6 is 0 Å². The van der Waals surface area contributed by atoms with Gasteiger partial charge in [0.25, 0.3) is 5.56 Å². The SMILES string of the molecule is C=c1nc2[nH]c(=O)c(=Cc3[nH]cc(CCC(=O)OC)c3C)c-2c[nH]1. The minimum atomic E-state index is -0.245. The smallest absolute Gasteiger partial charge is 0.305 e. The highest BCUT2D eigenvalue weighted by molar-refractivity contribution is 5.70. The number of aromatic nitrogens is 4. The minimum Gasteiger partial charge on any atom is -0.469 e. The predicted molar refractivity (Wildman–Crippen MR) is 90.0 cm³/mol. The van der Waals surface area contributed by atoms with Crippen LogP contribution in [-0.4, -0.2) is 33.0 Å². The lowest BCUT2D eigenvalue weighted by molar-refractivity contribution is -0.140. The van der Waals surface area contributed by atoms with Crippen molar-refractivity contribution in [2.75, 3.05) is 7.11 Å². The molecule has 2 aliphatic heterocycles. The van der Waals surface area contributed by atoms with Gasteiger partial charge in [-0.2, -0.15) is 0 Å². The summed E-state index contributed by atoms with van der Waals surface area (Å²) < 4.78 is 4.66. The number of nitrogens with one attached hydrogen (secondary N) is 3. The maximum absolute atomic E-state index is 12.2. The summed E-state index contributed by atoms with van der Waals surface area (Å²) in [6.45, 7) is 5.66. The summed E-state index contributed by atoms with van der Waals surface area (Å²) in [4.78, 5) is 36.4. The van der Waals surface area contributed by atoms with E-state index in [0.29, 0.717) is 34.9 Å². The molecule has 0 unspecified atom stereocenters. The van der Waals surface area contributed by atoms with Gasteiger partial charge >= 0.3 is 5.97 Å². The van der Waals surface area contributed by atoms with Crippen molar-refractivity contribution in [3.63, 3.8) is 0 Å². The van der Waals surface area contributed by atoms with Crippen LogP contribution in [0.4, 0.5) is 0 Å². The Bertz CT molecular complexity index is 1030. The summed E-state index contributed by atoms with van der Waals surface area (Å²) in [6, 6.07) is 0. The highest BCUT2D eigenvalue weighted by atomic mass is 16.5. The van der Waals surface area contributed by atoms with Crippen LogP contribution in [0.3, 0.4) is 0 Å². The molecule has 7 nitrogen and oxygen atoms in total. The Morgan fingerprint density at radius 2 is 2.17 bits per heavy atom. The van der Waals surface area contributed by atoms with E-state index in [0.717, 1.165) is 16.8 Å². The fourth-order valence-corrected chi connectivity index (χ4v) is 2.64. The van der Waals surface area contributed by atoms with Crippen LogP contribution in [0.15, 0.2) is 17.2 Å². The van der Waals surface area contributed by atoms with Gasteiger partial charge < -0.3 is 19.7 Å². The summed E-state index contributed by atoms with van der Waals surface area (Å²) in [5, 5.41) is 0.526. The predicted octanol–water partition coefficient (Wildman–Crippen LogP) is 0.184. The average Bonchev–Trinajstić information content (AvgIpc) is 3.06. The molecule has 124 valence electrons. The monoisotopic (exact) mass is 326 g/mol. The molecule has 0 saturated heterocycles. The summed E-state index contributed by atoms with van der Waals surface area (Å²) in [7, 11) is 1.38. The van der Waals surface area contributed by atoms with Crippen LogP contribution in [0, 0.1) is 6.92 Å². The molecule has 7 heteroatoms. The highest BCUT2D eigenvalue weighted by Crippen LogP contribution is 2.16. The third kappa shape index (κ3) is 2.88. The molecular formula is C17H18N4O3. The molecule has 0 fully saturated rings. The van der Waals surface area contributed by atoms with E-state index in [1.54, 1.807) is 12.3 Å². The molecule has 24 heavy (non-hydrogen) atoms. The Labute approximate surface area is 137 Å². The van der Waals surface area contributed by atoms with Gasteiger partial charge in [0.1, 0.15) is 11.3 Å². The van der Waals surface area contributed by atoms with Crippen LogP contribution in [0.2, 0.25) is 0 Å². The third-order valence-corrected chi connectivity index (χ3v) is 4.05. The van der Waals surface area contributed by atoms with E-state index in [2.05, 4.69) is 31.3 Å². The van der Waals surface area contributed by atoms with E-state index in [-0.39, 0.29) is 11.5 Å². The number of hydrogen-bond acceptors (Lipinski definition) is 4. The number of carbonyl (C=O) groups is 1. The van der Waals surface area contributed by atoms with Gasteiger partial charge in [-0.15, -0.1) is 0 Å². The standard InChI is InChI=1S/C17H18N4O3/c1-9-11(4-5-15(22)24-3)7-19-14(9)6-12-13-8-18-10(2)20-16(13)21-17(12)23/h6-8,18-19H,2,4-5H2,1,3H3,(H,20,21,23). The van der Waals surface area contributed by atoms with E-state index in [1.807, 2.05) is 13.1 Å². The number of hydrogen-bond donors (Lipinski definition) is 3. The molecule has 0 aromatic carbocycles. The van der Waals surface area contributed by atoms with E-state index in [9.17, 15) is 9.59 Å². The fraction of sp³-hybridized carbons (Fsp3) is 0.235. The Morgan fingerprint density at radius 1 is 1.38 bits per heavy atom. The average molecular weight is 326 g/mol. The van der Waals surface area contributed by atoms with Crippen molar-refractivity contribution in [1.82, 2.24) is 19.9 Å². The molecule has 0 radical (unpaired) electrons. The molecule has 1 aromatic heterocycles. The third-order valence-electron chi connectivity index (χ3n) is 4.05. The van der Waals surface area contributed by atoms with Crippen molar-refractivity contribution in [1.29, 1.82) is 0 Å². The number of methoxy groups -OCH3 is 1. The number of carbonyl (C=O) groups excluding carboxylic acids is 1. The topological polar surface area (TPSA) is 104 Å². The first-order chi connectivity index (χ1) is 11.5. The molecule has 0 spiro atoms. The molecule has 3 heterocycles. The van der Waals surface area contributed by atoms with Crippen LogP contribution < -0.4 is 16.3 Å². The zero-order valence-electron chi connectivity index (χ0n) is 13.5.